The second-order valence-electron chi connectivity index (χ2n) is 9.04. The van der Waals surface area contributed by atoms with Gasteiger partial charge in [0.25, 0.3) is 0 Å². The van der Waals surface area contributed by atoms with E-state index in [0.29, 0.717) is 24.5 Å². The number of benzene rings is 1. The SMILES string of the molecule is COCCN1C(=O)CC[C@@H]2CN(C3CCN(CCc4ccccc4)CC3)CC[C@@H]21. The van der Waals surface area contributed by atoms with E-state index in [2.05, 4.69) is 45.0 Å². The molecule has 4 rings (SSSR count). The van der Waals surface area contributed by atoms with E-state index in [4.69, 9.17) is 4.74 Å². The van der Waals surface area contributed by atoms with Crippen molar-refractivity contribution >= 4 is 5.91 Å². The van der Waals surface area contributed by atoms with Crippen LogP contribution in [0.2, 0.25) is 0 Å². The number of hydrogen-bond acceptors (Lipinski definition) is 4. The maximum absolute atomic E-state index is 12.4. The molecule has 0 unspecified atom stereocenters. The van der Waals surface area contributed by atoms with Crippen LogP contribution >= 0.6 is 0 Å². The Labute approximate surface area is 176 Å². The Hall–Kier alpha value is -1.43. The van der Waals surface area contributed by atoms with Crippen molar-refractivity contribution in [3.05, 3.63) is 35.9 Å². The Balaban J connectivity index is 1.23. The number of amides is 1. The maximum Gasteiger partial charge on any atom is 0.222 e. The van der Waals surface area contributed by atoms with Gasteiger partial charge in [-0.1, -0.05) is 30.3 Å². The van der Waals surface area contributed by atoms with Crippen LogP contribution in [0.1, 0.15) is 37.7 Å². The number of fused-ring (bicyclic) bond motifs is 1. The molecule has 3 heterocycles. The highest BCUT2D eigenvalue weighted by Gasteiger charge is 2.40. The maximum atomic E-state index is 12.4. The summed E-state index contributed by atoms with van der Waals surface area (Å²) < 4.78 is 5.24. The van der Waals surface area contributed by atoms with E-state index in [-0.39, 0.29) is 0 Å². The Morgan fingerprint density at radius 2 is 1.79 bits per heavy atom. The summed E-state index contributed by atoms with van der Waals surface area (Å²) >= 11 is 0. The topological polar surface area (TPSA) is 36.0 Å². The van der Waals surface area contributed by atoms with Gasteiger partial charge in [0.1, 0.15) is 0 Å². The third kappa shape index (κ3) is 5.19. The van der Waals surface area contributed by atoms with Crippen molar-refractivity contribution in [3.63, 3.8) is 0 Å². The summed E-state index contributed by atoms with van der Waals surface area (Å²) in [6, 6.07) is 12.0. The lowest BCUT2D eigenvalue weighted by Gasteiger charge is -2.50. The van der Waals surface area contributed by atoms with Gasteiger partial charge in [0, 0.05) is 51.8 Å². The fourth-order valence-electron chi connectivity index (χ4n) is 5.63. The minimum atomic E-state index is 0.337. The number of hydrogen-bond donors (Lipinski definition) is 0. The molecule has 5 heteroatoms. The molecule has 1 aromatic rings. The summed E-state index contributed by atoms with van der Waals surface area (Å²) in [6.07, 6.45) is 6.66. The first-order valence-corrected chi connectivity index (χ1v) is 11.5. The summed E-state index contributed by atoms with van der Waals surface area (Å²) in [7, 11) is 1.72. The first-order chi connectivity index (χ1) is 14.2. The van der Waals surface area contributed by atoms with Crippen molar-refractivity contribution in [1.29, 1.82) is 0 Å². The standard InChI is InChI=1S/C24H37N3O2/c1-29-18-17-27-23-12-16-26(19-21(23)7-8-24(27)28)22-10-14-25(15-11-22)13-9-20-5-3-2-4-6-20/h2-6,21-23H,7-19H2,1H3/t21-,23+/m1/s1. The molecule has 1 aromatic carbocycles. The number of methoxy groups -OCH3 is 1. The fourth-order valence-corrected chi connectivity index (χ4v) is 5.63. The Morgan fingerprint density at radius 1 is 1.00 bits per heavy atom. The van der Waals surface area contributed by atoms with Gasteiger partial charge in [0.2, 0.25) is 5.91 Å². The summed E-state index contributed by atoms with van der Waals surface area (Å²) in [5, 5.41) is 0. The van der Waals surface area contributed by atoms with Gasteiger partial charge in [-0.15, -0.1) is 0 Å². The van der Waals surface area contributed by atoms with E-state index < -0.39 is 0 Å². The number of carbonyl (C=O) groups excluding carboxylic acids is 1. The quantitative estimate of drug-likeness (QED) is 0.706. The first kappa shape index (κ1) is 20.8. The first-order valence-electron chi connectivity index (χ1n) is 11.5. The van der Waals surface area contributed by atoms with Gasteiger partial charge in [-0.25, -0.2) is 0 Å². The molecule has 29 heavy (non-hydrogen) atoms. The van der Waals surface area contributed by atoms with Crippen molar-refractivity contribution < 1.29 is 9.53 Å². The number of piperidine rings is 3. The molecule has 160 valence electrons. The summed E-state index contributed by atoms with van der Waals surface area (Å²) in [5.41, 5.74) is 1.45. The molecular formula is C24H37N3O2. The van der Waals surface area contributed by atoms with Crippen LogP contribution < -0.4 is 0 Å². The fraction of sp³-hybridized carbons (Fsp3) is 0.708. The number of likely N-dealkylation sites (tertiary alicyclic amines) is 3. The molecular weight excluding hydrogens is 362 g/mol. The van der Waals surface area contributed by atoms with E-state index in [1.165, 1.54) is 44.6 Å². The highest BCUT2D eigenvalue weighted by atomic mass is 16.5. The van der Waals surface area contributed by atoms with Crippen LogP contribution in [-0.4, -0.2) is 85.7 Å². The van der Waals surface area contributed by atoms with Crippen molar-refractivity contribution in [2.24, 2.45) is 5.92 Å². The molecule has 2 atom stereocenters. The van der Waals surface area contributed by atoms with Crippen LogP contribution in [-0.2, 0) is 16.0 Å². The number of carbonyl (C=O) groups is 1. The van der Waals surface area contributed by atoms with E-state index in [1.807, 2.05) is 0 Å². The lowest BCUT2D eigenvalue weighted by molar-refractivity contribution is -0.142. The van der Waals surface area contributed by atoms with Gasteiger partial charge in [0.15, 0.2) is 0 Å². The van der Waals surface area contributed by atoms with Crippen LogP contribution in [0.3, 0.4) is 0 Å². The molecule has 0 aliphatic carbocycles. The summed E-state index contributed by atoms with van der Waals surface area (Å²) in [6.45, 7) is 7.36. The van der Waals surface area contributed by atoms with Crippen molar-refractivity contribution in [3.8, 4) is 0 Å². The molecule has 1 amide bonds. The van der Waals surface area contributed by atoms with Crippen molar-refractivity contribution in [1.82, 2.24) is 14.7 Å². The van der Waals surface area contributed by atoms with Crippen molar-refractivity contribution in [2.45, 2.75) is 50.6 Å². The Morgan fingerprint density at radius 3 is 2.55 bits per heavy atom. The van der Waals surface area contributed by atoms with Gasteiger partial charge in [-0.3, -0.25) is 9.69 Å². The largest absolute Gasteiger partial charge is 0.383 e. The highest BCUT2D eigenvalue weighted by Crippen LogP contribution is 2.33. The van der Waals surface area contributed by atoms with E-state index in [9.17, 15) is 4.79 Å². The number of nitrogens with zero attached hydrogens (tertiary/aromatic N) is 3. The minimum absolute atomic E-state index is 0.337. The second-order valence-corrected chi connectivity index (χ2v) is 9.04. The lowest BCUT2D eigenvalue weighted by Crippen LogP contribution is -2.59. The molecule has 0 bridgehead atoms. The molecule has 0 N–H and O–H groups in total. The van der Waals surface area contributed by atoms with Gasteiger partial charge in [-0.2, -0.15) is 0 Å². The minimum Gasteiger partial charge on any atom is -0.383 e. The normalized spacial score (nSPS) is 27.2. The lowest BCUT2D eigenvalue weighted by atomic mass is 9.82. The Kier molecular flexibility index (Phi) is 7.22. The van der Waals surface area contributed by atoms with Crippen LogP contribution in [0.15, 0.2) is 30.3 Å². The summed E-state index contributed by atoms with van der Waals surface area (Å²) in [5.74, 6) is 0.984. The third-order valence-corrected chi connectivity index (χ3v) is 7.34. The van der Waals surface area contributed by atoms with E-state index in [1.54, 1.807) is 7.11 Å². The Bertz CT molecular complexity index is 645. The zero-order chi connectivity index (χ0) is 20.1. The molecule has 3 aliphatic rings. The molecule has 0 spiro atoms. The number of rotatable bonds is 7. The molecule has 5 nitrogen and oxygen atoms in total. The highest BCUT2D eigenvalue weighted by molar-refractivity contribution is 5.77. The molecule has 0 radical (unpaired) electrons. The van der Waals surface area contributed by atoms with Crippen LogP contribution in [0.25, 0.3) is 0 Å². The van der Waals surface area contributed by atoms with Gasteiger partial charge in [-0.05, 0) is 56.7 Å². The average molecular weight is 400 g/mol. The smallest absolute Gasteiger partial charge is 0.222 e. The molecule has 3 saturated heterocycles. The molecule has 0 aromatic heterocycles. The number of ether oxygens (including phenoxy) is 1. The zero-order valence-electron chi connectivity index (χ0n) is 18.0. The zero-order valence-corrected chi connectivity index (χ0v) is 18.0. The molecule has 3 fully saturated rings. The van der Waals surface area contributed by atoms with Crippen LogP contribution in [0.4, 0.5) is 0 Å². The molecule has 0 saturated carbocycles. The van der Waals surface area contributed by atoms with E-state index >= 15 is 0 Å². The second kappa shape index (κ2) is 10.1. The average Bonchev–Trinajstić information content (AvgIpc) is 2.78. The molecule has 3 aliphatic heterocycles. The predicted octanol–water partition coefficient (Wildman–Crippen LogP) is 2.65. The van der Waals surface area contributed by atoms with Crippen LogP contribution in [0, 0.1) is 5.92 Å². The third-order valence-electron chi connectivity index (χ3n) is 7.34. The van der Waals surface area contributed by atoms with E-state index in [0.717, 1.165) is 44.8 Å². The van der Waals surface area contributed by atoms with Gasteiger partial charge >= 0.3 is 0 Å². The van der Waals surface area contributed by atoms with Gasteiger partial charge in [0.05, 0.1) is 6.61 Å². The van der Waals surface area contributed by atoms with Crippen LogP contribution in [0.5, 0.6) is 0 Å². The summed E-state index contributed by atoms with van der Waals surface area (Å²) in [4.78, 5) is 19.9. The predicted molar refractivity (Wildman–Crippen MR) is 116 cm³/mol. The van der Waals surface area contributed by atoms with Crippen molar-refractivity contribution in [2.75, 3.05) is 53.0 Å². The van der Waals surface area contributed by atoms with Gasteiger partial charge < -0.3 is 14.5 Å². The monoisotopic (exact) mass is 399 g/mol.